The van der Waals surface area contributed by atoms with Crippen LogP contribution < -0.4 is 10.6 Å². The summed E-state index contributed by atoms with van der Waals surface area (Å²) in [6.07, 6.45) is 3.39. The number of aromatic nitrogens is 6. The average molecular weight is 461 g/mol. The Morgan fingerprint density at radius 3 is 1.86 bits per heavy atom. The van der Waals surface area contributed by atoms with Crippen molar-refractivity contribution >= 4 is 45.3 Å². The lowest BCUT2D eigenvalue weighted by atomic mass is 10.1. The second kappa shape index (κ2) is 8.38. The van der Waals surface area contributed by atoms with Gasteiger partial charge in [0.15, 0.2) is 0 Å². The molecule has 35 heavy (non-hydrogen) atoms. The van der Waals surface area contributed by atoms with Crippen molar-refractivity contribution in [3.05, 3.63) is 79.1 Å². The summed E-state index contributed by atoms with van der Waals surface area (Å²) in [4.78, 5) is 35.9. The second-order valence-electron chi connectivity index (χ2n) is 8.09. The third kappa shape index (κ3) is 4.18. The van der Waals surface area contributed by atoms with E-state index in [9.17, 15) is 4.79 Å². The van der Waals surface area contributed by atoms with E-state index >= 15 is 0 Å². The number of anilines is 3. The molecule has 3 aromatic heterocycles. The van der Waals surface area contributed by atoms with Gasteiger partial charge in [-0.1, -0.05) is 24.3 Å². The number of imidazole rings is 2. The molecule has 0 bridgehead atoms. The summed E-state index contributed by atoms with van der Waals surface area (Å²) in [5, 5.41) is 5.97. The van der Waals surface area contributed by atoms with E-state index < -0.39 is 0 Å². The molecule has 9 heteroatoms. The largest absolute Gasteiger partial charge is 0.338 e. The highest BCUT2D eigenvalue weighted by atomic mass is 16.1. The number of benzene rings is 3. The van der Waals surface area contributed by atoms with Crippen LogP contribution in [0.3, 0.4) is 0 Å². The Morgan fingerprint density at radius 2 is 1.29 bits per heavy atom. The van der Waals surface area contributed by atoms with Crippen molar-refractivity contribution in [3.63, 3.8) is 0 Å². The SMILES string of the molecule is CC(=O)Nc1ccc2[nH]c(-c3ccc(-c4nc5cc(Nc6ncccn6)ccc5[nH]4)cc3)nc2c1. The number of H-pyrrole nitrogens is 2. The van der Waals surface area contributed by atoms with Gasteiger partial charge < -0.3 is 20.6 Å². The summed E-state index contributed by atoms with van der Waals surface area (Å²) >= 11 is 0. The van der Waals surface area contributed by atoms with E-state index in [1.807, 2.05) is 60.7 Å². The lowest BCUT2D eigenvalue weighted by molar-refractivity contribution is -0.114. The Bertz CT molecular complexity index is 1670. The summed E-state index contributed by atoms with van der Waals surface area (Å²) in [6.45, 7) is 1.49. The molecule has 0 aliphatic rings. The number of fused-ring (bicyclic) bond motifs is 2. The van der Waals surface area contributed by atoms with Crippen molar-refractivity contribution in [2.45, 2.75) is 6.92 Å². The smallest absolute Gasteiger partial charge is 0.227 e. The minimum absolute atomic E-state index is 0.112. The highest BCUT2D eigenvalue weighted by Crippen LogP contribution is 2.27. The van der Waals surface area contributed by atoms with Crippen LogP contribution in [0.15, 0.2) is 79.1 Å². The van der Waals surface area contributed by atoms with Crippen LogP contribution in [-0.4, -0.2) is 35.8 Å². The molecule has 0 unspecified atom stereocenters. The van der Waals surface area contributed by atoms with Gasteiger partial charge in [-0.25, -0.2) is 19.9 Å². The number of aromatic amines is 2. The van der Waals surface area contributed by atoms with Crippen LogP contribution in [0.2, 0.25) is 0 Å². The fraction of sp³-hybridized carbons (Fsp3) is 0.0385. The van der Waals surface area contributed by atoms with E-state index in [4.69, 9.17) is 4.98 Å². The molecule has 9 nitrogen and oxygen atoms in total. The summed E-state index contributed by atoms with van der Waals surface area (Å²) in [7, 11) is 0. The van der Waals surface area contributed by atoms with Gasteiger partial charge in [0.05, 0.1) is 22.1 Å². The number of rotatable bonds is 5. The highest BCUT2D eigenvalue weighted by molar-refractivity contribution is 5.92. The molecule has 0 atom stereocenters. The standard InChI is InChI=1S/C26H20N8O/c1-15(35)29-18-7-9-20-22(13-18)33-24(31-20)16-3-5-17(6-4-16)25-32-21-10-8-19(14-23(21)34-25)30-26-27-11-2-12-28-26/h2-14H,1H3,(H,29,35)(H,31,33)(H,32,34)(H,27,28,30). The number of nitrogens with zero attached hydrogens (tertiary/aromatic N) is 4. The summed E-state index contributed by atoms with van der Waals surface area (Å²) in [6, 6.07) is 21.3. The predicted molar refractivity (Wildman–Crippen MR) is 136 cm³/mol. The van der Waals surface area contributed by atoms with E-state index in [1.165, 1.54) is 6.92 Å². The maximum absolute atomic E-state index is 11.3. The maximum atomic E-state index is 11.3. The van der Waals surface area contributed by atoms with Gasteiger partial charge in [0, 0.05) is 41.8 Å². The third-order valence-corrected chi connectivity index (χ3v) is 5.54. The van der Waals surface area contributed by atoms with Crippen LogP contribution in [0.4, 0.5) is 17.3 Å². The van der Waals surface area contributed by atoms with Crippen molar-refractivity contribution in [1.82, 2.24) is 29.9 Å². The number of nitrogens with one attached hydrogen (secondary N) is 4. The number of hydrogen-bond donors (Lipinski definition) is 4. The topological polar surface area (TPSA) is 124 Å². The van der Waals surface area contributed by atoms with Crippen LogP contribution in [0.1, 0.15) is 6.92 Å². The molecule has 0 radical (unpaired) electrons. The Labute approximate surface area is 199 Å². The van der Waals surface area contributed by atoms with Crippen molar-refractivity contribution in [1.29, 1.82) is 0 Å². The van der Waals surface area contributed by atoms with E-state index in [0.717, 1.165) is 56.2 Å². The first-order valence-electron chi connectivity index (χ1n) is 11.0. The van der Waals surface area contributed by atoms with Crippen LogP contribution in [-0.2, 0) is 4.79 Å². The minimum atomic E-state index is -0.112. The first-order chi connectivity index (χ1) is 17.1. The molecule has 4 N–H and O–H groups in total. The van der Waals surface area contributed by atoms with Gasteiger partial charge in [-0.3, -0.25) is 4.79 Å². The molecule has 0 fully saturated rings. The van der Waals surface area contributed by atoms with Crippen molar-refractivity contribution < 1.29 is 4.79 Å². The quantitative estimate of drug-likeness (QED) is 0.278. The van der Waals surface area contributed by atoms with Crippen LogP contribution in [0, 0.1) is 0 Å². The molecule has 0 saturated heterocycles. The predicted octanol–water partition coefficient (Wildman–Crippen LogP) is 5.27. The Morgan fingerprint density at radius 1 is 0.743 bits per heavy atom. The van der Waals surface area contributed by atoms with E-state index in [2.05, 4.69) is 35.6 Å². The molecule has 0 spiro atoms. The zero-order valence-corrected chi connectivity index (χ0v) is 18.7. The number of carbonyl (C=O) groups excluding carboxylic acids is 1. The Balaban J connectivity index is 1.25. The van der Waals surface area contributed by atoms with Gasteiger partial charge in [0.1, 0.15) is 11.6 Å². The molecule has 3 heterocycles. The maximum Gasteiger partial charge on any atom is 0.227 e. The van der Waals surface area contributed by atoms with Gasteiger partial charge in [-0.2, -0.15) is 0 Å². The molecule has 0 aliphatic heterocycles. The van der Waals surface area contributed by atoms with Crippen molar-refractivity contribution in [3.8, 4) is 22.8 Å². The highest BCUT2D eigenvalue weighted by Gasteiger charge is 2.10. The van der Waals surface area contributed by atoms with Crippen LogP contribution in [0.25, 0.3) is 44.8 Å². The van der Waals surface area contributed by atoms with Crippen molar-refractivity contribution in [2.75, 3.05) is 10.6 Å². The lowest BCUT2D eigenvalue weighted by Crippen LogP contribution is -2.05. The summed E-state index contributed by atoms with van der Waals surface area (Å²) in [5.74, 6) is 1.97. The first kappa shape index (κ1) is 20.5. The third-order valence-electron chi connectivity index (χ3n) is 5.54. The van der Waals surface area contributed by atoms with Gasteiger partial charge in [-0.05, 0) is 42.5 Å². The zero-order valence-electron chi connectivity index (χ0n) is 18.7. The normalized spacial score (nSPS) is 11.1. The molecule has 1 amide bonds. The summed E-state index contributed by atoms with van der Waals surface area (Å²) < 4.78 is 0. The molecular weight excluding hydrogens is 440 g/mol. The molecule has 6 rings (SSSR count). The minimum Gasteiger partial charge on any atom is -0.338 e. The summed E-state index contributed by atoms with van der Waals surface area (Å²) in [5.41, 5.74) is 6.99. The lowest BCUT2D eigenvalue weighted by Gasteiger charge is -2.03. The van der Waals surface area contributed by atoms with Crippen molar-refractivity contribution in [2.24, 2.45) is 0 Å². The molecular formula is C26H20N8O. The zero-order chi connectivity index (χ0) is 23.8. The van der Waals surface area contributed by atoms with E-state index in [-0.39, 0.29) is 5.91 Å². The average Bonchev–Trinajstić information content (AvgIpc) is 3.48. The molecule has 170 valence electrons. The van der Waals surface area contributed by atoms with Gasteiger partial charge in [0.25, 0.3) is 0 Å². The van der Waals surface area contributed by atoms with Gasteiger partial charge in [0.2, 0.25) is 11.9 Å². The fourth-order valence-electron chi connectivity index (χ4n) is 3.92. The van der Waals surface area contributed by atoms with Crippen LogP contribution >= 0.6 is 0 Å². The van der Waals surface area contributed by atoms with Crippen LogP contribution in [0.5, 0.6) is 0 Å². The van der Waals surface area contributed by atoms with E-state index in [1.54, 1.807) is 18.5 Å². The molecule has 0 aliphatic carbocycles. The second-order valence-corrected chi connectivity index (χ2v) is 8.09. The molecule has 0 saturated carbocycles. The number of amides is 1. The number of hydrogen-bond acceptors (Lipinski definition) is 6. The Kier molecular flexibility index (Phi) is 4.92. The van der Waals surface area contributed by atoms with E-state index in [0.29, 0.717) is 5.95 Å². The molecule has 3 aromatic carbocycles. The fourth-order valence-corrected chi connectivity index (χ4v) is 3.92. The van der Waals surface area contributed by atoms with Gasteiger partial charge >= 0.3 is 0 Å². The first-order valence-corrected chi connectivity index (χ1v) is 11.0. The monoisotopic (exact) mass is 460 g/mol. The van der Waals surface area contributed by atoms with Gasteiger partial charge in [-0.15, -0.1) is 0 Å². The number of carbonyl (C=O) groups is 1. The molecule has 6 aromatic rings. The Hall–Kier alpha value is -5.05.